The Hall–Kier alpha value is -2.05. The predicted octanol–water partition coefficient (Wildman–Crippen LogP) is 3.79. The average molecular weight is 331 g/mol. The molecule has 2 heterocycles. The third-order valence-electron chi connectivity index (χ3n) is 3.26. The second kappa shape index (κ2) is 5.98. The van der Waals surface area contributed by atoms with Crippen LogP contribution in [0.2, 0.25) is 0 Å². The fourth-order valence-electron chi connectivity index (χ4n) is 2.02. The highest BCUT2D eigenvalue weighted by molar-refractivity contribution is 8.26. The summed E-state index contributed by atoms with van der Waals surface area (Å²) in [5.41, 5.74) is 0.948. The Morgan fingerprint density at radius 1 is 1.23 bits per heavy atom. The van der Waals surface area contributed by atoms with E-state index >= 15 is 0 Å². The summed E-state index contributed by atoms with van der Waals surface area (Å²) in [4.78, 5) is 14.0. The molecule has 2 aromatic rings. The molecule has 0 atom stereocenters. The van der Waals surface area contributed by atoms with E-state index < -0.39 is 0 Å². The molecule has 1 aromatic heterocycles. The zero-order chi connectivity index (χ0) is 15.7. The van der Waals surface area contributed by atoms with E-state index in [1.165, 1.54) is 16.7 Å². The first kappa shape index (κ1) is 14.9. The molecule has 0 spiro atoms. The van der Waals surface area contributed by atoms with Crippen LogP contribution in [-0.2, 0) is 4.79 Å². The van der Waals surface area contributed by atoms with Crippen molar-refractivity contribution in [2.45, 2.75) is 0 Å². The number of nitrogens with zero attached hydrogens (tertiary/aromatic N) is 1. The molecule has 1 saturated heterocycles. The summed E-state index contributed by atoms with van der Waals surface area (Å²) in [5.74, 6) is 2.06. The summed E-state index contributed by atoms with van der Waals surface area (Å²) in [6, 6.07) is 11.3. The molecule has 112 valence electrons. The van der Waals surface area contributed by atoms with E-state index in [0.717, 1.165) is 17.1 Å². The maximum absolute atomic E-state index is 12.0. The van der Waals surface area contributed by atoms with Crippen LogP contribution in [0, 0.1) is 0 Å². The van der Waals surface area contributed by atoms with E-state index in [4.69, 9.17) is 21.4 Å². The first-order chi connectivity index (χ1) is 10.6. The summed E-state index contributed by atoms with van der Waals surface area (Å²) < 4.78 is 11.5. The van der Waals surface area contributed by atoms with Crippen molar-refractivity contribution >= 4 is 40.3 Å². The molecule has 0 radical (unpaired) electrons. The van der Waals surface area contributed by atoms with Gasteiger partial charge in [0.25, 0.3) is 5.91 Å². The number of hydrogen-bond donors (Lipinski definition) is 0. The summed E-state index contributed by atoms with van der Waals surface area (Å²) in [6.07, 6.45) is 1.72. The first-order valence-electron chi connectivity index (χ1n) is 6.54. The van der Waals surface area contributed by atoms with Crippen molar-refractivity contribution in [2.75, 3.05) is 14.2 Å². The van der Waals surface area contributed by atoms with Crippen LogP contribution in [0.25, 0.3) is 17.4 Å². The smallest absolute Gasteiger partial charge is 0.266 e. The minimum absolute atomic E-state index is 0.0996. The largest absolute Gasteiger partial charge is 0.497 e. The lowest BCUT2D eigenvalue weighted by molar-refractivity contribution is -0.121. The van der Waals surface area contributed by atoms with Gasteiger partial charge in [0.1, 0.15) is 21.6 Å². The number of amides is 1. The van der Waals surface area contributed by atoms with E-state index in [-0.39, 0.29) is 5.91 Å². The molecule has 0 unspecified atom stereocenters. The van der Waals surface area contributed by atoms with Crippen LogP contribution in [0.3, 0.4) is 0 Å². The van der Waals surface area contributed by atoms with Crippen molar-refractivity contribution in [3.63, 3.8) is 0 Å². The second-order valence-electron chi connectivity index (χ2n) is 4.67. The lowest BCUT2D eigenvalue weighted by atomic mass is 10.2. The maximum atomic E-state index is 12.0. The van der Waals surface area contributed by atoms with Crippen molar-refractivity contribution in [3.05, 3.63) is 47.1 Å². The lowest BCUT2D eigenvalue weighted by Gasteiger charge is -2.03. The third-order valence-corrected chi connectivity index (χ3v) is 4.75. The lowest BCUT2D eigenvalue weighted by Crippen LogP contribution is -2.22. The number of methoxy groups -OCH3 is 1. The Morgan fingerprint density at radius 3 is 2.55 bits per heavy atom. The fourth-order valence-corrected chi connectivity index (χ4v) is 3.18. The van der Waals surface area contributed by atoms with Crippen LogP contribution >= 0.6 is 24.0 Å². The van der Waals surface area contributed by atoms with E-state index in [1.807, 2.05) is 36.4 Å². The van der Waals surface area contributed by atoms with Crippen LogP contribution in [0.4, 0.5) is 0 Å². The van der Waals surface area contributed by atoms with Gasteiger partial charge in [-0.15, -0.1) is 0 Å². The van der Waals surface area contributed by atoms with E-state index in [1.54, 1.807) is 20.2 Å². The second-order valence-corrected chi connectivity index (χ2v) is 6.35. The van der Waals surface area contributed by atoms with Gasteiger partial charge in [0.05, 0.1) is 12.0 Å². The predicted molar refractivity (Wildman–Crippen MR) is 91.6 cm³/mol. The number of ether oxygens (including phenoxy) is 1. The molecule has 1 aromatic carbocycles. The number of likely N-dealkylation sites (N-methyl/N-ethyl adjacent to an activating group) is 1. The van der Waals surface area contributed by atoms with Gasteiger partial charge in [-0.1, -0.05) is 24.0 Å². The average Bonchev–Trinajstić information content (AvgIpc) is 3.09. The fraction of sp³-hybridized carbons (Fsp3) is 0.125. The summed E-state index contributed by atoms with van der Waals surface area (Å²) in [5, 5.41) is 0. The standard InChI is InChI=1S/C16H13NO3S2/c1-17-15(18)14(22-16(17)21)9-12-7-8-13(20-12)10-3-5-11(19-2)6-4-10/h3-9H,1-2H3. The van der Waals surface area contributed by atoms with Crippen molar-refractivity contribution in [1.29, 1.82) is 0 Å². The number of carbonyl (C=O) groups is 1. The molecule has 6 heteroatoms. The van der Waals surface area contributed by atoms with Gasteiger partial charge in [-0.25, -0.2) is 0 Å². The van der Waals surface area contributed by atoms with Gasteiger partial charge in [0.2, 0.25) is 0 Å². The van der Waals surface area contributed by atoms with Crippen LogP contribution in [0.1, 0.15) is 5.76 Å². The molecule has 22 heavy (non-hydrogen) atoms. The Labute approximate surface area is 137 Å². The summed E-state index contributed by atoms with van der Waals surface area (Å²) in [7, 11) is 3.30. The quantitative estimate of drug-likeness (QED) is 0.632. The molecule has 4 nitrogen and oxygen atoms in total. The highest BCUT2D eigenvalue weighted by Crippen LogP contribution is 2.32. The Balaban J connectivity index is 1.85. The van der Waals surface area contributed by atoms with Gasteiger partial charge in [-0.3, -0.25) is 9.69 Å². The number of furan rings is 1. The summed E-state index contributed by atoms with van der Waals surface area (Å²) in [6.45, 7) is 0. The molecule has 0 bridgehead atoms. The minimum atomic E-state index is -0.0996. The minimum Gasteiger partial charge on any atom is -0.497 e. The SMILES string of the molecule is COc1ccc(-c2ccc(C=C3SC(=S)N(C)C3=O)o2)cc1. The molecule has 1 aliphatic heterocycles. The molecule has 0 aliphatic carbocycles. The number of thiocarbonyl (C=S) groups is 1. The topological polar surface area (TPSA) is 42.7 Å². The van der Waals surface area contributed by atoms with E-state index in [2.05, 4.69) is 0 Å². The Kier molecular flexibility index (Phi) is 4.04. The van der Waals surface area contributed by atoms with E-state index in [0.29, 0.717) is 15.0 Å². The number of benzene rings is 1. The zero-order valence-electron chi connectivity index (χ0n) is 12.0. The van der Waals surface area contributed by atoms with Crippen molar-refractivity contribution in [2.24, 2.45) is 0 Å². The number of hydrogen-bond acceptors (Lipinski definition) is 5. The Bertz CT molecular complexity index is 762. The van der Waals surface area contributed by atoms with Crippen molar-refractivity contribution < 1.29 is 13.9 Å². The molecule has 1 amide bonds. The number of rotatable bonds is 3. The van der Waals surface area contributed by atoms with Gasteiger partial charge in [0, 0.05) is 18.7 Å². The molecule has 1 aliphatic rings. The number of thioether (sulfide) groups is 1. The highest BCUT2D eigenvalue weighted by Gasteiger charge is 2.28. The third kappa shape index (κ3) is 2.80. The van der Waals surface area contributed by atoms with Gasteiger partial charge in [-0.05, 0) is 36.4 Å². The molecule has 0 saturated carbocycles. The van der Waals surface area contributed by atoms with E-state index in [9.17, 15) is 4.79 Å². The number of carbonyl (C=O) groups excluding carboxylic acids is 1. The molecule has 0 N–H and O–H groups in total. The van der Waals surface area contributed by atoms with Crippen molar-refractivity contribution in [1.82, 2.24) is 4.90 Å². The van der Waals surface area contributed by atoms with Crippen LogP contribution in [0.15, 0.2) is 45.7 Å². The normalized spacial score (nSPS) is 16.6. The summed E-state index contributed by atoms with van der Waals surface area (Å²) >= 11 is 6.38. The zero-order valence-corrected chi connectivity index (χ0v) is 13.7. The van der Waals surface area contributed by atoms with Gasteiger partial charge in [0.15, 0.2) is 0 Å². The Morgan fingerprint density at radius 2 is 1.95 bits per heavy atom. The highest BCUT2D eigenvalue weighted by atomic mass is 32.2. The van der Waals surface area contributed by atoms with Crippen LogP contribution < -0.4 is 4.74 Å². The molecular weight excluding hydrogens is 318 g/mol. The molecular formula is C16H13NO3S2. The maximum Gasteiger partial charge on any atom is 0.266 e. The van der Waals surface area contributed by atoms with Gasteiger partial charge >= 0.3 is 0 Å². The molecule has 3 rings (SSSR count). The van der Waals surface area contributed by atoms with Gasteiger partial charge in [-0.2, -0.15) is 0 Å². The van der Waals surface area contributed by atoms with Gasteiger partial charge < -0.3 is 9.15 Å². The monoisotopic (exact) mass is 331 g/mol. The molecule has 1 fully saturated rings. The van der Waals surface area contributed by atoms with Crippen molar-refractivity contribution in [3.8, 4) is 17.1 Å². The first-order valence-corrected chi connectivity index (χ1v) is 7.77. The van der Waals surface area contributed by atoms with Crippen LogP contribution in [0.5, 0.6) is 5.75 Å². The van der Waals surface area contributed by atoms with Crippen LogP contribution in [-0.4, -0.2) is 29.3 Å².